The number of alkyl halides is 2. The Labute approximate surface area is 174 Å². The van der Waals surface area contributed by atoms with Crippen LogP contribution in [-0.4, -0.2) is 20.2 Å². The zero-order valence-corrected chi connectivity index (χ0v) is 15.8. The van der Waals surface area contributed by atoms with Crippen molar-refractivity contribution in [2.24, 2.45) is 0 Å². The predicted octanol–water partition coefficient (Wildman–Crippen LogP) is 4.58. The van der Waals surface area contributed by atoms with Crippen LogP contribution in [0.1, 0.15) is 29.1 Å². The molecule has 6 nitrogen and oxygen atoms in total. The van der Waals surface area contributed by atoms with Gasteiger partial charge in [0.1, 0.15) is 12.4 Å². The van der Waals surface area contributed by atoms with Crippen molar-refractivity contribution >= 4 is 0 Å². The zero-order chi connectivity index (χ0) is 21.6. The summed E-state index contributed by atoms with van der Waals surface area (Å²) in [6.07, 6.45) is -0.0296. The van der Waals surface area contributed by atoms with E-state index in [0.717, 1.165) is 0 Å². The van der Waals surface area contributed by atoms with Gasteiger partial charge in [-0.15, -0.1) is 10.2 Å². The summed E-state index contributed by atoms with van der Waals surface area (Å²) in [6, 6.07) is 13.3. The van der Waals surface area contributed by atoms with Crippen LogP contribution in [-0.2, 0) is 6.61 Å². The highest BCUT2D eigenvalue weighted by Gasteiger charge is 2.17. The summed E-state index contributed by atoms with van der Waals surface area (Å²) >= 11 is 0. The molecule has 0 N–H and O–H groups in total. The zero-order valence-electron chi connectivity index (χ0n) is 15.8. The van der Waals surface area contributed by atoms with Crippen molar-refractivity contribution in [1.82, 2.24) is 20.2 Å². The van der Waals surface area contributed by atoms with E-state index in [1.165, 1.54) is 18.5 Å². The summed E-state index contributed by atoms with van der Waals surface area (Å²) in [5, 5.41) is 6.87. The molecule has 0 bridgehead atoms. The molecule has 0 radical (unpaired) electrons. The van der Waals surface area contributed by atoms with Crippen LogP contribution < -0.4 is 4.74 Å². The van der Waals surface area contributed by atoms with Crippen molar-refractivity contribution in [2.45, 2.75) is 13.0 Å². The molecule has 4 aromatic rings. The highest BCUT2D eigenvalue weighted by molar-refractivity contribution is 5.50. The third kappa shape index (κ3) is 5.25. The number of hydrogen-bond donors (Lipinski definition) is 0. The Morgan fingerprint density at radius 3 is 2.52 bits per heavy atom. The van der Waals surface area contributed by atoms with Crippen molar-refractivity contribution < 1.29 is 22.3 Å². The molecule has 3 aromatic heterocycles. The van der Waals surface area contributed by atoms with E-state index in [4.69, 9.17) is 9.15 Å². The lowest BCUT2D eigenvalue weighted by atomic mass is 10.2. The minimum Gasteiger partial charge on any atom is -0.487 e. The van der Waals surface area contributed by atoms with E-state index < -0.39 is 18.3 Å². The molecule has 9 heteroatoms. The van der Waals surface area contributed by atoms with Crippen LogP contribution in [0.2, 0.25) is 0 Å². The maximum atomic E-state index is 13.1. The normalized spacial score (nSPS) is 10.6. The number of aromatic nitrogens is 4. The quantitative estimate of drug-likeness (QED) is 0.346. The first-order valence-corrected chi connectivity index (χ1v) is 9.00. The largest absolute Gasteiger partial charge is 0.487 e. The predicted molar refractivity (Wildman–Crippen MR) is 103 cm³/mol. The maximum absolute atomic E-state index is 13.1. The molecule has 0 amide bonds. The van der Waals surface area contributed by atoms with Crippen LogP contribution in [0.5, 0.6) is 5.75 Å². The molecule has 0 fully saturated rings. The maximum Gasteiger partial charge on any atom is 0.314 e. The Kier molecular flexibility index (Phi) is 5.89. The van der Waals surface area contributed by atoms with E-state index in [1.54, 1.807) is 36.4 Å². The van der Waals surface area contributed by atoms with Gasteiger partial charge < -0.3 is 9.15 Å². The molecular formula is C22H13F3N4O2. The van der Waals surface area contributed by atoms with Crippen molar-refractivity contribution in [3.05, 3.63) is 89.6 Å². The average Bonchev–Trinajstić information content (AvgIpc) is 3.28. The Bertz CT molecular complexity index is 1250. The van der Waals surface area contributed by atoms with Crippen LogP contribution in [0.25, 0.3) is 11.5 Å². The van der Waals surface area contributed by atoms with Gasteiger partial charge in [-0.05, 0) is 36.4 Å². The highest BCUT2D eigenvalue weighted by Crippen LogP contribution is 2.23. The lowest BCUT2D eigenvalue weighted by Crippen LogP contribution is -1.98. The summed E-state index contributed by atoms with van der Waals surface area (Å²) in [4.78, 5) is 7.71. The fraction of sp³-hybridized carbons (Fsp3) is 0.0909. The van der Waals surface area contributed by atoms with Gasteiger partial charge >= 0.3 is 6.43 Å². The van der Waals surface area contributed by atoms with Gasteiger partial charge in [-0.1, -0.05) is 17.9 Å². The average molecular weight is 422 g/mol. The SMILES string of the molecule is Fc1cc(C#Cc2cccc(OCc3ccc(-c4nnc(C(F)F)o4)cn3)c2)ccn1. The molecule has 0 aliphatic carbocycles. The number of halogens is 3. The summed E-state index contributed by atoms with van der Waals surface area (Å²) in [7, 11) is 0. The molecule has 0 aliphatic rings. The first-order valence-electron chi connectivity index (χ1n) is 9.00. The molecule has 1 aromatic carbocycles. The standard InChI is InChI=1S/C22H13F3N4O2/c23-19-11-15(8-9-26-19)5-4-14-2-1-3-18(10-14)30-13-17-7-6-16(12-27-17)21-28-29-22(31-21)20(24)25/h1-3,6-12,20H,13H2. The summed E-state index contributed by atoms with van der Waals surface area (Å²) in [5.74, 6) is 5.04. The number of nitrogens with zero attached hydrogens (tertiary/aromatic N) is 4. The van der Waals surface area contributed by atoms with Crippen molar-refractivity contribution in [2.75, 3.05) is 0 Å². The molecule has 0 atom stereocenters. The van der Waals surface area contributed by atoms with E-state index in [9.17, 15) is 13.2 Å². The van der Waals surface area contributed by atoms with Crippen LogP contribution in [0, 0.1) is 17.8 Å². The number of ether oxygens (including phenoxy) is 1. The number of rotatable bonds is 5. The molecule has 154 valence electrons. The van der Waals surface area contributed by atoms with Gasteiger partial charge in [-0.2, -0.15) is 13.2 Å². The van der Waals surface area contributed by atoms with Crippen LogP contribution in [0.3, 0.4) is 0 Å². The second-order valence-corrected chi connectivity index (χ2v) is 6.22. The van der Waals surface area contributed by atoms with Gasteiger partial charge in [0.25, 0.3) is 5.89 Å². The van der Waals surface area contributed by atoms with Crippen LogP contribution >= 0.6 is 0 Å². The van der Waals surface area contributed by atoms with Gasteiger partial charge in [-0.3, -0.25) is 4.98 Å². The first-order chi connectivity index (χ1) is 15.1. The fourth-order valence-corrected chi connectivity index (χ4v) is 2.52. The molecule has 31 heavy (non-hydrogen) atoms. The summed E-state index contributed by atoms with van der Waals surface area (Å²) < 4.78 is 48.8. The summed E-state index contributed by atoms with van der Waals surface area (Å²) in [6.45, 7) is 0.179. The highest BCUT2D eigenvalue weighted by atomic mass is 19.3. The number of hydrogen-bond acceptors (Lipinski definition) is 6. The minimum atomic E-state index is -2.83. The van der Waals surface area contributed by atoms with E-state index >= 15 is 0 Å². The van der Waals surface area contributed by atoms with Crippen LogP contribution in [0.15, 0.2) is 65.3 Å². The van der Waals surface area contributed by atoms with Gasteiger partial charge in [-0.25, -0.2) is 4.98 Å². The Hall–Kier alpha value is -4.19. The molecule has 0 unspecified atom stereocenters. The fourth-order valence-electron chi connectivity index (χ4n) is 2.52. The number of pyridine rings is 2. The van der Waals surface area contributed by atoms with Gasteiger partial charge in [0.15, 0.2) is 0 Å². The van der Waals surface area contributed by atoms with Crippen LogP contribution in [0.4, 0.5) is 13.2 Å². The Morgan fingerprint density at radius 2 is 1.81 bits per heavy atom. The topological polar surface area (TPSA) is 73.9 Å². The molecular weight excluding hydrogens is 409 g/mol. The first kappa shape index (κ1) is 20.1. The summed E-state index contributed by atoms with van der Waals surface area (Å²) in [5.41, 5.74) is 2.25. The van der Waals surface area contributed by atoms with E-state index in [2.05, 4.69) is 32.0 Å². The molecule has 3 heterocycles. The molecule has 4 rings (SSSR count). The molecule has 0 saturated heterocycles. The third-order valence-electron chi connectivity index (χ3n) is 4.00. The van der Waals surface area contributed by atoms with E-state index in [0.29, 0.717) is 28.1 Å². The van der Waals surface area contributed by atoms with Crippen molar-refractivity contribution in [3.63, 3.8) is 0 Å². The molecule has 0 saturated carbocycles. The lowest BCUT2D eigenvalue weighted by molar-refractivity contribution is 0.116. The smallest absolute Gasteiger partial charge is 0.314 e. The lowest BCUT2D eigenvalue weighted by Gasteiger charge is -2.06. The van der Waals surface area contributed by atoms with E-state index in [-0.39, 0.29) is 12.5 Å². The second kappa shape index (κ2) is 9.09. The van der Waals surface area contributed by atoms with Crippen molar-refractivity contribution in [3.8, 4) is 29.0 Å². The van der Waals surface area contributed by atoms with Crippen molar-refractivity contribution in [1.29, 1.82) is 0 Å². The van der Waals surface area contributed by atoms with Gasteiger partial charge in [0.05, 0.1) is 11.3 Å². The third-order valence-corrected chi connectivity index (χ3v) is 4.00. The molecule has 0 spiro atoms. The Balaban J connectivity index is 1.40. The molecule has 0 aliphatic heterocycles. The minimum absolute atomic E-state index is 0.0318. The Morgan fingerprint density at radius 1 is 0.968 bits per heavy atom. The monoisotopic (exact) mass is 422 g/mol. The van der Waals surface area contributed by atoms with Gasteiger partial charge in [0, 0.05) is 29.6 Å². The second-order valence-electron chi connectivity index (χ2n) is 6.22. The van der Waals surface area contributed by atoms with Gasteiger partial charge in [0.2, 0.25) is 11.8 Å². The number of benzene rings is 1. The van der Waals surface area contributed by atoms with E-state index in [1.807, 2.05) is 6.07 Å².